The van der Waals surface area contributed by atoms with E-state index in [4.69, 9.17) is 4.74 Å². The smallest absolute Gasteiger partial charge is 0.310 e. The van der Waals surface area contributed by atoms with Crippen LogP contribution in [0.1, 0.15) is 13.3 Å². The van der Waals surface area contributed by atoms with Crippen molar-refractivity contribution in [3.05, 3.63) is 28.3 Å². The van der Waals surface area contributed by atoms with E-state index >= 15 is 0 Å². The Bertz CT molecular complexity index is 586. The second kappa shape index (κ2) is 6.67. The molecular formula is C12H18N2O5S. The third kappa shape index (κ3) is 4.17. The zero-order valence-corrected chi connectivity index (χ0v) is 12.4. The maximum atomic E-state index is 11.6. The van der Waals surface area contributed by atoms with E-state index in [0.29, 0.717) is 13.0 Å². The molecule has 0 spiro atoms. The molecule has 1 aromatic rings. The molecule has 0 aliphatic heterocycles. The van der Waals surface area contributed by atoms with Gasteiger partial charge in [0.2, 0.25) is 0 Å². The number of ether oxygens (including phenoxy) is 1. The molecule has 1 N–H and O–H groups in total. The first kappa shape index (κ1) is 16.4. The van der Waals surface area contributed by atoms with E-state index in [0.717, 1.165) is 6.26 Å². The van der Waals surface area contributed by atoms with Gasteiger partial charge in [-0.05, 0) is 25.5 Å². The van der Waals surface area contributed by atoms with Crippen LogP contribution in [-0.2, 0) is 14.6 Å². The Morgan fingerprint density at radius 2 is 2.10 bits per heavy atom. The SMILES string of the molecule is COCCC(C)Nc1cccc(S(C)(=O)=O)c1[N+](=O)[O-]. The summed E-state index contributed by atoms with van der Waals surface area (Å²) in [5.41, 5.74) is -0.221. The monoisotopic (exact) mass is 302 g/mol. The van der Waals surface area contributed by atoms with Crippen LogP contribution < -0.4 is 5.32 Å². The second-order valence-corrected chi connectivity index (χ2v) is 6.49. The van der Waals surface area contributed by atoms with Crippen LogP contribution in [0, 0.1) is 10.1 Å². The van der Waals surface area contributed by atoms with E-state index in [1.807, 2.05) is 6.92 Å². The minimum Gasteiger partial charge on any atom is -0.385 e. The van der Waals surface area contributed by atoms with Gasteiger partial charge in [-0.1, -0.05) is 6.07 Å². The number of nitro benzene ring substituents is 1. The van der Waals surface area contributed by atoms with Gasteiger partial charge in [0, 0.05) is 26.0 Å². The van der Waals surface area contributed by atoms with Crippen LogP contribution >= 0.6 is 0 Å². The average Bonchev–Trinajstić information content (AvgIpc) is 2.34. The molecule has 112 valence electrons. The maximum Gasteiger partial charge on any atom is 0.310 e. The highest BCUT2D eigenvalue weighted by molar-refractivity contribution is 7.90. The lowest BCUT2D eigenvalue weighted by Gasteiger charge is -2.15. The number of benzene rings is 1. The molecule has 8 heteroatoms. The minimum atomic E-state index is -3.66. The fraction of sp³-hybridized carbons (Fsp3) is 0.500. The predicted octanol–water partition coefficient (Wildman–Crippen LogP) is 1.84. The zero-order chi connectivity index (χ0) is 15.3. The summed E-state index contributed by atoms with van der Waals surface area (Å²) in [6.07, 6.45) is 1.60. The number of anilines is 1. The van der Waals surface area contributed by atoms with Crippen LogP contribution in [-0.4, -0.2) is 39.4 Å². The fourth-order valence-electron chi connectivity index (χ4n) is 1.76. The average molecular weight is 302 g/mol. The number of nitro groups is 1. The van der Waals surface area contributed by atoms with Gasteiger partial charge in [0.05, 0.1) is 4.92 Å². The van der Waals surface area contributed by atoms with Crippen LogP contribution in [0.4, 0.5) is 11.4 Å². The number of hydrogen-bond donors (Lipinski definition) is 1. The number of methoxy groups -OCH3 is 1. The summed E-state index contributed by atoms with van der Waals surface area (Å²) in [5, 5.41) is 14.1. The number of hydrogen-bond acceptors (Lipinski definition) is 6. The normalized spacial score (nSPS) is 12.9. The van der Waals surface area contributed by atoms with Crippen molar-refractivity contribution in [2.45, 2.75) is 24.3 Å². The van der Waals surface area contributed by atoms with E-state index in [1.165, 1.54) is 18.2 Å². The third-order valence-electron chi connectivity index (χ3n) is 2.74. The predicted molar refractivity (Wildman–Crippen MR) is 75.8 cm³/mol. The Morgan fingerprint density at radius 1 is 1.45 bits per heavy atom. The van der Waals surface area contributed by atoms with E-state index < -0.39 is 20.4 Å². The van der Waals surface area contributed by atoms with Crippen molar-refractivity contribution >= 4 is 21.2 Å². The van der Waals surface area contributed by atoms with Crippen molar-refractivity contribution in [2.24, 2.45) is 0 Å². The molecule has 1 rings (SSSR count). The highest BCUT2D eigenvalue weighted by Gasteiger charge is 2.26. The highest BCUT2D eigenvalue weighted by atomic mass is 32.2. The highest BCUT2D eigenvalue weighted by Crippen LogP contribution is 2.32. The van der Waals surface area contributed by atoms with E-state index in [-0.39, 0.29) is 16.6 Å². The summed E-state index contributed by atoms with van der Waals surface area (Å²) in [6, 6.07) is 4.13. The van der Waals surface area contributed by atoms with E-state index in [9.17, 15) is 18.5 Å². The van der Waals surface area contributed by atoms with Crippen LogP contribution in [0.3, 0.4) is 0 Å². The number of para-hydroxylation sites is 1. The van der Waals surface area contributed by atoms with Gasteiger partial charge in [-0.15, -0.1) is 0 Å². The van der Waals surface area contributed by atoms with Gasteiger partial charge in [0.15, 0.2) is 9.84 Å². The van der Waals surface area contributed by atoms with Gasteiger partial charge in [0.25, 0.3) is 0 Å². The molecular weight excluding hydrogens is 284 g/mol. The largest absolute Gasteiger partial charge is 0.385 e. The molecule has 0 aliphatic rings. The summed E-state index contributed by atoms with van der Waals surface area (Å²) >= 11 is 0. The number of rotatable bonds is 7. The van der Waals surface area contributed by atoms with Crippen molar-refractivity contribution in [1.29, 1.82) is 0 Å². The van der Waals surface area contributed by atoms with Crippen LogP contribution in [0.5, 0.6) is 0 Å². The molecule has 0 aromatic heterocycles. The van der Waals surface area contributed by atoms with Gasteiger partial charge in [0.1, 0.15) is 10.6 Å². The van der Waals surface area contributed by atoms with Crippen molar-refractivity contribution in [1.82, 2.24) is 0 Å². The molecule has 0 bridgehead atoms. The molecule has 0 heterocycles. The first-order valence-corrected chi connectivity index (χ1v) is 7.89. The summed E-state index contributed by atoms with van der Waals surface area (Å²) in [7, 11) is -2.09. The zero-order valence-electron chi connectivity index (χ0n) is 11.6. The van der Waals surface area contributed by atoms with Crippen LogP contribution in [0.2, 0.25) is 0 Å². The fourth-order valence-corrected chi connectivity index (χ4v) is 2.62. The second-order valence-electron chi connectivity index (χ2n) is 4.51. The standard InChI is InChI=1S/C12H18N2O5S/c1-9(7-8-19-2)13-10-5-4-6-11(20(3,17)18)12(10)14(15)16/h4-6,9,13H,7-8H2,1-3H3. The van der Waals surface area contributed by atoms with Gasteiger partial charge in [-0.25, -0.2) is 8.42 Å². The molecule has 0 radical (unpaired) electrons. The van der Waals surface area contributed by atoms with Crippen molar-refractivity contribution < 1.29 is 18.1 Å². The molecule has 0 saturated carbocycles. The number of nitrogens with zero attached hydrogens (tertiary/aromatic N) is 1. The lowest BCUT2D eigenvalue weighted by molar-refractivity contribution is -0.386. The number of nitrogens with one attached hydrogen (secondary N) is 1. The first-order valence-electron chi connectivity index (χ1n) is 6.00. The van der Waals surface area contributed by atoms with Crippen molar-refractivity contribution in [2.75, 3.05) is 25.3 Å². The van der Waals surface area contributed by atoms with Gasteiger partial charge < -0.3 is 10.1 Å². The summed E-state index contributed by atoms with van der Waals surface area (Å²) in [4.78, 5) is 10.2. The quantitative estimate of drug-likeness (QED) is 0.609. The Balaban J connectivity index is 3.17. The van der Waals surface area contributed by atoms with Crippen LogP contribution in [0.15, 0.2) is 23.1 Å². The first-order chi connectivity index (χ1) is 9.27. The lowest BCUT2D eigenvalue weighted by Crippen LogP contribution is -2.18. The number of sulfone groups is 1. The Hall–Kier alpha value is -1.67. The molecule has 0 aliphatic carbocycles. The Kier molecular flexibility index (Phi) is 5.46. The summed E-state index contributed by atoms with van der Waals surface area (Å²) in [5.74, 6) is 0. The van der Waals surface area contributed by atoms with Gasteiger partial charge >= 0.3 is 5.69 Å². The van der Waals surface area contributed by atoms with E-state index in [2.05, 4.69) is 5.32 Å². The third-order valence-corrected chi connectivity index (χ3v) is 3.87. The molecule has 20 heavy (non-hydrogen) atoms. The minimum absolute atomic E-state index is 0.0801. The molecule has 0 amide bonds. The molecule has 7 nitrogen and oxygen atoms in total. The van der Waals surface area contributed by atoms with Gasteiger partial charge in [-0.3, -0.25) is 10.1 Å². The molecule has 0 fully saturated rings. The van der Waals surface area contributed by atoms with E-state index in [1.54, 1.807) is 7.11 Å². The maximum absolute atomic E-state index is 11.6. The molecule has 1 unspecified atom stereocenters. The van der Waals surface area contributed by atoms with Crippen molar-refractivity contribution in [3.63, 3.8) is 0 Å². The molecule has 1 atom stereocenters. The topological polar surface area (TPSA) is 98.5 Å². The van der Waals surface area contributed by atoms with Crippen molar-refractivity contribution in [3.8, 4) is 0 Å². The molecule has 1 aromatic carbocycles. The Morgan fingerprint density at radius 3 is 2.60 bits per heavy atom. The van der Waals surface area contributed by atoms with Crippen LogP contribution in [0.25, 0.3) is 0 Å². The molecule has 0 saturated heterocycles. The lowest BCUT2D eigenvalue weighted by atomic mass is 10.2. The van der Waals surface area contributed by atoms with Gasteiger partial charge in [-0.2, -0.15) is 0 Å². The Labute approximate surface area is 118 Å². The summed E-state index contributed by atoms with van der Waals surface area (Å²) in [6.45, 7) is 2.35. The summed E-state index contributed by atoms with van der Waals surface area (Å²) < 4.78 is 28.2.